The maximum absolute atomic E-state index is 12.2. The predicted molar refractivity (Wildman–Crippen MR) is 39.7 cm³/mol. The lowest BCUT2D eigenvalue weighted by atomic mass is 10.3. The molecule has 15 heavy (non-hydrogen) atoms. The van der Waals surface area contributed by atoms with Crippen LogP contribution in [0.5, 0.6) is 0 Å². The molecule has 92 valence electrons. The van der Waals surface area contributed by atoms with Gasteiger partial charge in [0.2, 0.25) is 0 Å². The third kappa shape index (κ3) is 5.85. The molecule has 0 radical (unpaired) electrons. The van der Waals surface area contributed by atoms with Gasteiger partial charge in [-0.15, -0.1) is 0 Å². The molecule has 0 aromatic heterocycles. The second kappa shape index (κ2) is 6.19. The molecule has 0 rings (SSSR count). The topological polar surface area (TPSA) is 38.7 Å². The van der Waals surface area contributed by atoms with Crippen molar-refractivity contribution in [3.8, 4) is 0 Å². The van der Waals surface area contributed by atoms with Gasteiger partial charge in [-0.2, -0.15) is 22.0 Å². The van der Waals surface area contributed by atoms with Crippen molar-refractivity contribution >= 4 is 0 Å². The number of ether oxygens (including phenoxy) is 2. The van der Waals surface area contributed by atoms with Gasteiger partial charge in [-0.1, -0.05) is 0 Å². The molecule has 0 aliphatic rings. The van der Waals surface area contributed by atoms with Crippen LogP contribution < -0.4 is 0 Å². The molecule has 0 fully saturated rings. The van der Waals surface area contributed by atoms with E-state index in [1.54, 1.807) is 0 Å². The first-order valence-electron chi connectivity index (χ1n) is 4.02. The molecule has 0 aliphatic heterocycles. The largest absolute Gasteiger partial charge is 0.455 e. The number of rotatable bonds is 7. The predicted octanol–water partition coefficient (Wildman–Crippen LogP) is 1.21. The van der Waals surface area contributed by atoms with E-state index in [1.165, 1.54) is 0 Å². The molecular weight excluding hydrogens is 227 g/mol. The van der Waals surface area contributed by atoms with Crippen molar-refractivity contribution in [2.24, 2.45) is 0 Å². The van der Waals surface area contributed by atoms with Gasteiger partial charge < -0.3 is 14.6 Å². The van der Waals surface area contributed by atoms with Gasteiger partial charge in [0.25, 0.3) is 0 Å². The summed E-state index contributed by atoms with van der Waals surface area (Å²) in [4.78, 5) is 0. The fourth-order valence-corrected chi connectivity index (χ4v) is 0.567. The van der Waals surface area contributed by atoms with E-state index in [0.717, 1.165) is 0 Å². The molecule has 0 saturated heterocycles. The van der Waals surface area contributed by atoms with Gasteiger partial charge in [0.1, 0.15) is 6.61 Å². The Morgan fingerprint density at radius 2 is 1.40 bits per heavy atom. The van der Waals surface area contributed by atoms with E-state index in [-0.39, 0.29) is 26.4 Å². The molecule has 0 bridgehead atoms. The Morgan fingerprint density at radius 3 is 1.87 bits per heavy atom. The first kappa shape index (κ1) is 14.5. The van der Waals surface area contributed by atoms with E-state index >= 15 is 0 Å². The molecule has 0 amide bonds. The van der Waals surface area contributed by atoms with Crippen LogP contribution in [0.15, 0.2) is 0 Å². The Kier molecular flexibility index (Phi) is 5.99. The molecule has 0 saturated carbocycles. The maximum Gasteiger partial charge on any atom is 0.455 e. The standard InChI is InChI=1S/C7H11F5O3/c8-6(9,7(10,11)12)5-15-4-3-14-2-1-13/h13H,1-5H2. The first-order valence-corrected chi connectivity index (χ1v) is 4.02. The summed E-state index contributed by atoms with van der Waals surface area (Å²) in [6.45, 7) is -2.52. The van der Waals surface area contributed by atoms with Crippen LogP contribution >= 0.6 is 0 Å². The van der Waals surface area contributed by atoms with E-state index in [4.69, 9.17) is 5.11 Å². The number of alkyl halides is 5. The van der Waals surface area contributed by atoms with Crippen molar-refractivity contribution in [2.45, 2.75) is 12.1 Å². The van der Waals surface area contributed by atoms with Crippen molar-refractivity contribution < 1.29 is 36.5 Å². The highest BCUT2D eigenvalue weighted by Crippen LogP contribution is 2.35. The van der Waals surface area contributed by atoms with Crippen molar-refractivity contribution in [3.05, 3.63) is 0 Å². The Hall–Kier alpha value is -0.470. The normalized spacial score (nSPS) is 13.2. The van der Waals surface area contributed by atoms with Gasteiger partial charge in [-0.05, 0) is 0 Å². The number of aliphatic hydroxyl groups is 1. The van der Waals surface area contributed by atoms with Crippen LogP contribution in [0.1, 0.15) is 0 Å². The minimum atomic E-state index is -5.60. The molecule has 0 unspecified atom stereocenters. The third-order valence-corrected chi connectivity index (χ3v) is 1.31. The molecule has 0 atom stereocenters. The Labute approximate surface area is 82.8 Å². The van der Waals surface area contributed by atoms with E-state index in [0.29, 0.717) is 0 Å². The zero-order chi connectivity index (χ0) is 11.9. The van der Waals surface area contributed by atoms with Crippen LogP contribution in [-0.4, -0.2) is 50.2 Å². The second-order valence-electron chi connectivity index (χ2n) is 2.59. The molecule has 8 heteroatoms. The highest BCUT2D eigenvalue weighted by atomic mass is 19.4. The number of hydrogen-bond acceptors (Lipinski definition) is 3. The van der Waals surface area contributed by atoms with Crippen molar-refractivity contribution in [1.29, 1.82) is 0 Å². The fourth-order valence-electron chi connectivity index (χ4n) is 0.567. The molecule has 1 N–H and O–H groups in total. The van der Waals surface area contributed by atoms with E-state index in [2.05, 4.69) is 9.47 Å². The van der Waals surface area contributed by atoms with Crippen LogP contribution in [-0.2, 0) is 9.47 Å². The first-order chi connectivity index (χ1) is 6.81. The minimum Gasteiger partial charge on any atom is -0.394 e. The SMILES string of the molecule is OCCOCCOCC(F)(F)C(F)(F)F. The second-order valence-corrected chi connectivity index (χ2v) is 2.59. The smallest absolute Gasteiger partial charge is 0.394 e. The summed E-state index contributed by atoms with van der Waals surface area (Å²) in [6.07, 6.45) is -5.60. The lowest BCUT2D eigenvalue weighted by Crippen LogP contribution is -2.41. The maximum atomic E-state index is 12.2. The van der Waals surface area contributed by atoms with Gasteiger partial charge in [0.05, 0.1) is 26.4 Å². The van der Waals surface area contributed by atoms with Crippen LogP contribution in [0.4, 0.5) is 22.0 Å². The van der Waals surface area contributed by atoms with E-state index in [9.17, 15) is 22.0 Å². The monoisotopic (exact) mass is 238 g/mol. The van der Waals surface area contributed by atoms with E-state index < -0.39 is 18.7 Å². The van der Waals surface area contributed by atoms with Crippen LogP contribution in [0.3, 0.4) is 0 Å². The average Bonchev–Trinajstić information content (AvgIpc) is 2.09. The molecule has 0 spiro atoms. The summed E-state index contributed by atoms with van der Waals surface area (Å²) in [7, 11) is 0. The number of aliphatic hydroxyl groups excluding tert-OH is 1. The molecule has 0 aromatic rings. The Bertz CT molecular complexity index is 170. The summed E-state index contributed by atoms with van der Waals surface area (Å²) < 4.78 is 67.7. The minimum absolute atomic E-state index is 0.0149. The van der Waals surface area contributed by atoms with Gasteiger partial charge >= 0.3 is 12.1 Å². The summed E-state index contributed by atoms with van der Waals surface area (Å²) in [5.74, 6) is -4.84. The fraction of sp³-hybridized carbons (Fsp3) is 1.00. The lowest BCUT2D eigenvalue weighted by Gasteiger charge is -2.19. The average molecular weight is 238 g/mol. The van der Waals surface area contributed by atoms with E-state index in [1.807, 2.05) is 0 Å². The van der Waals surface area contributed by atoms with Crippen molar-refractivity contribution in [3.63, 3.8) is 0 Å². The molecular formula is C7H11F5O3. The van der Waals surface area contributed by atoms with Gasteiger partial charge in [-0.25, -0.2) is 0 Å². The van der Waals surface area contributed by atoms with Crippen LogP contribution in [0.25, 0.3) is 0 Å². The summed E-state index contributed by atoms with van der Waals surface area (Å²) in [5.41, 5.74) is 0. The highest BCUT2D eigenvalue weighted by Gasteiger charge is 2.57. The summed E-state index contributed by atoms with van der Waals surface area (Å²) >= 11 is 0. The van der Waals surface area contributed by atoms with Gasteiger partial charge in [0, 0.05) is 0 Å². The quantitative estimate of drug-likeness (QED) is 0.535. The molecule has 3 nitrogen and oxygen atoms in total. The Balaban J connectivity index is 3.58. The Morgan fingerprint density at radius 1 is 0.867 bits per heavy atom. The highest BCUT2D eigenvalue weighted by molar-refractivity contribution is 4.74. The third-order valence-electron chi connectivity index (χ3n) is 1.31. The molecule has 0 heterocycles. The molecule has 0 aliphatic carbocycles. The van der Waals surface area contributed by atoms with Gasteiger partial charge in [-0.3, -0.25) is 0 Å². The van der Waals surface area contributed by atoms with Crippen LogP contribution in [0.2, 0.25) is 0 Å². The number of halogens is 5. The van der Waals surface area contributed by atoms with Crippen molar-refractivity contribution in [1.82, 2.24) is 0 Å². The summed E-state index contributed by atoms with van der Waals surface area (Å²) in [5, 5.41) is 8.22. The van der Waals surface area contributed by atoms with Crippen LogP contribution in [0, 0.1) is 0 Å². The zero-order valence-electron chi connectivity index (χ0n) is 7.69. The van der Waals surface area contributed by atoms with Gasteiger partial charge in [0.15, 0.2) is 0 Å². The summed E-state index contributed by atoms with van der Waals surface area (Å²) in [6, 6.07) is 0. The van der Waals surface area contributed by atoms with Crippen molar-refractivity contribution in [2.75, 3.05) is 33.0 Å². The zero-order valence-corrected chi connectivity index (χ0v) is 7.69. The lowest BCUT2D eigenvalue weighted by molar-refractivity contribution is -0.297. The molecule has 0 aromatic carbocycles. The number of hydrogen-bond donors (Lipinski definition) is 1.